The minimum absolute atomic E-state index is 0.00945. The Morgan fingerprint density at radius 3 is 2.55 bits per heavy atom. The van der Waals surface area contributed by atoms with E-state index in [1.807, 2.05) is 26.0 Å². The molecule has 7 atom stereocenters. The lowest BCUT2D eigenvalue weighted by molar-refractivity contribution is -0.257. The van der Waals surface area contributed by atoms with Crippen LogP contribution in [0.4, 0.5) is 13.2 Å². The first-order chi connectivity index (χ1) is 28.1. The van der Waals surface area contributed by atoms with Crippen molar-refractivity contribution in [2.75, 3.05) is 6.54 Å². The van der Waals surface area contributed by atoms with Crippen molar-refractivity contribution in [3.05, 3.63) is 47.8 Å². The van der Waals surface area contributed by atoms with E-state index in [2.05, 4.69) is 14.7 Å². The summed E-state index contributed by atoms with van der Waals surface area (Å²) in [5.41, 5.74) is -3.55. The fourth-order valence-corrected chi connectivity index (χ4v) is 10.3. The summed E-state index contributed by atoms with van der Waals surface area (Å²) in [5.74, 6) is -4.76. The number of benzene rings is 1. The number of fused-ring (bicyclic) bond motifs is 5. The maximum absolute atomic E-state index is 15.1. The Labute approximate surface area is 351 Å². The number of Topliss-reactive ketones (excluding diaryl/α,β-unsaturated/α-hetero) is 1. The third kappa shape index (κ3) is 8.49. The molecule has 0 unspecified atom stereocenters. The number of ketones is 1. The lowest BCUT2D eigenvalue weighted by Gasteiger charge is -2.34. The molecule has 0 bridgehead atoms. The van der Waals surface area contributed by atoms with Crippen LogP contribution in [-0.2, 0) is 33.9 Å². The number of alkyl halides is 3. The van der Waals surface area contributed by atoms with Crippen LogP contribution in [0.15, 0.2) is 42.7 Å². The number of carbonyl (C=O) groups excluding carboxylic acids is 4. The molecule has 4 heterocycles. The number of carbonyl (C=O) groups is 4. The molecule has 0 radical (unpaired) electrons. The van der Waals surface area contributed by atoms with E-state index in [1.165, 1.54) is 4.90 Å². The monoisotopic (exact) mass is 877 g/mol. The number of hydrogen-bond acceptors (Lipinski definition) is 10. The van der Waals surface area contributed by atoms with E-state index in [4.69, 9.17) is 21.1 Å². The lowest BCUT2D eigenvalue weighted by Crippen LogP contribution is -2.49. The summed E-state index contributed by atoms with van der Waals surface area (Å²) >= 11 is 6.40. The normalized spacial score (nSPS) is 29.2. The Balaban J connectivity index is 1.26. The fraction of sp³-hybridized carbons (Fsp3) is 0.619. The van der Waals surface area contributed by atoms with Gasteiger partial charge in [0.1, 0.15) is 6.10 Å². The summed E-state index contributed by atoms with van der Waals surface area (Å²) in [4.78, 5) is 67.5. The standard InChI is InChI=1S/C42H51ClF3N5O8S/c1-6-25-17-24(2)9-7-8-10-26-21-41(26,37(55)49-60(56,57)40(5)13-14-40)22-33(52)32-19-28(23-51(32)36(54)29(25)20-34(53)59-39(3,4)42(44,45)46)58-35-30-18-27(43)11-12-31(30)50-16-15-47-38(50)48-35/h8,10-12,15-16,18,24-26,28-29,32H,6-7,9,13-14,17,19-23H2,1-5H3,(H,49,55)/b10-8-/t24-,25+,26+,28+,29-,32-,41+/m0/s1. The van der Waals surface area contributed by atoms with Crippen molar-refractivity contribution in [2.45, 2.75) is 127 Å². The molecule has 2 aromatic heterocycles. The van der Waals surface area contributed by atoms with Crippen molar-refractivity contribution in [1.82, 2.24) is 24.0 Å². The predicted octanol–water partition coefficient (Wildman–Crippen LogP) is 7.14. The van der Waals surface area contributed by atoms with Gasteiger partial charge in [0.15, 0.2) is 5.78 Å². The van der Waals surface area contributed by atoms with Crippen molar-refractivity contribution in [3.63, 3.8) is 0 Å². The van der Waals surface area contributed by atoms with E-state index in [9.17, 15) is 36.0 Å². The van der Waals surface area contributed by atoms with Gasteiger partial charge in [-0.2, -0.15) is 18.2 Å². The maximum atomic E-state index is 15.1. The number of allylic oxidation sites excluding steroid dienone is 2. The van der Waals surface area contributed by atoms with Gasteiger partial charge in [-0.15, -0.1) is 0 Å². The molecule has 13 nitrogen and oxygen atoms in total. The lowest BCUT2D eigenvalue weighted by atomic mass is 9.79. The van der Waals surface area contributed by atoms with Gasteiger partial charge in [0, 0.05) is 30.3 Å². The number of nitrogens with one attached hydrogen (secondary N) is 1. The van der Waals surface area contributed by atoms with Gasteiger partial charge in [-0.1, -0.05) is 44.0 Å². The number of sulfonamides is 1. The summed E-state index contributed by atoms with van der Waals surface area (Å²) < 4.78 is 82.6. The number of aromatic nitrogens is 3. The molecule has 3 aromatic rings. The number of hydrogen-bond donors (Lipinski definition) is 1. The molecule has 1 N–H and O–H groups in total. The number of halogens is 4. The van der Waals surface area contributed by atoms with E-state index in [0.29, 0.717) is 60.2 Å². The van der Waals surface area contributed by atoms with Gasteiger partial charge in [0.25, 0.3) is 0 Å². The Kier molecular flexibility index (Phi) is 11.6. The zero-order valence-corrected chi connectivity index (χ0v) is 35.8. The van der Waals surface area contributed by atoms with Crippen molar-refractivity contribution >= 4 is 61.9 Å². The first-order valence-corrected chi connectivity index (χ1v) is 22.4. The van der Waals surface area contributed by atoms with Crippen molar-refractivity contribution in [3.8, 4) is 5.88 Å². The van der Waals surface area contributed by atoms with Gasteiger partial charge in [-0.05, 0) is 95.2 Å². The molecule has 0 spiro atoms. The maximum Gasteiger partial charge on any atom is 0.427 e. The molecular formula is C42H51ClF3N5O8S. The first-order valence-electron chi connectivity index (χ1n) is 20.5. The van der Waals surface area contributed by atoms with Crippen LogP contribution >= 0.6 is 11.6 Å². The van der Waals surface area contributed by atoms with Crippen molar-refractivity contribution in [2.24, 2.45) is 29.1 Å². The molecule has 326 valence electrons. The van der Waals surface area contributed by atoms with E-state index in [-0.39, 0.29) is 31.2 Å². The minimum Gasteiger partial charge on any atom is -0.472 e. The van der Waals surface area contributed by atoms with Crippen LogP contribution < -0.4 is 9.46 Å². The van der Waals surface area contributed by atoms with Gasteiger partial charge in [0.05, 0.1) is 46.0 Å². The second-order valence-corrected chi connectivity index (χ2v) is 20.6. The third-order valence-corrected chi connectivity index (χ3v) is 15.5. The second kappa shape index (κ2) is 15.9. The Morgan fingerprint density at radius 2 is 1.87 bits per heavy atom. The van der Waals surface area contributed by atoms with E-state index in [0.717, 1.165) is 13.8 Å². The van der Waals surface area contributed by atoms with Gasteiger partial charge < -0.3 is 14.4 Å². The highest BCUT2D eigenvalue weighted by atomic mass is 35.5. The number of nitrogens with zero attached hydrogens (tertiary/aromatic N) is 4. The smallest absolute Gasteiger partial charge is 0.427 e. The second-order valence-electron chi connectivity index (χ2n) is 18.0. The zero-order valence-electron chi connectivity index (χ0n) is 34.3. The average molecular weight is 878 g/mol. The summed E-state index contributed by atoms with van der Waals surface area (Å²) in [5, 5.41) is 0.924. The van der Waals surface area contributed by atoms with Gasteiger partial charge in [-0.25, -0.2) is 13.4 Å². The molecule has 3 fully saturated rings. The summed E-state index contributed by atoms with van der Waals surface area (Å²) in [6, 6.07) is 3.94. The van der Waals surface area contributed by atoms with Crippen LogP contribution in [-0.4, -0.2) is 86.5 Å². The number of imidazole rings is 1. The summed E-state index contributed by atoms with van der Waals surface area (Å²) in [6.07, 6.45) is 3.32. The molecule has 18 heteroatoms. The third-order valence-electron chi connectivity index (χ3n) is 13.1. The van der Waals surface area contributed by atoms with E-state index < -0.39 is 98.3 Å². The van der Waals surface area contributed by atoms with Crippen LogP contribution in [0, 0.1) is 29.1 Å². The van der Waals surface area contributed by atoms with Crippen LogP contribution in [0.2, 0.25) is 5.02 Å². The average Bonchev–Trinajstić information content (AvgIpc) is 3.95. The number of rotatable bonds is 9. The Morgan fingerprint density at radius 1 is 1.13 bits per heavy atom. The highest BCUT2D eigenvalue weighted by molar-refractivity contribution is 7.91. The fourth-order valence-electron chi connectivity index (χ4n) is 8.76. The molecule has 2 aliphatic heterocycles. The van der Waals surface area contributed by atoms with E-state index >= 15 is 4.79 Å². The minimum atomic E-state index is -4.88. The van der Waals surface area contributed by atoms with Gasteiger partial charge in [0.2, 0.25) is 39.1 Å². The molecule has 2 aliphatic carbocycles. The number of esters is 1. The molecular weight excluding hydrogens is 827 g/mol. The molecule has 1 saturated heterocycles. The largest absolute Gasteiger partial charge is 0.472 e. The summed E-state index contributed by atoms with van der Waals surface area (Å²) in [6.45, 7) is 6.71. The molecule has 60 heavy (non-hydrogen) atoms. The quantitative estimate of drug-likeness (QED) is 0.173. The van der Waals surface area contributed by atoms with Crippen LogP contribution in [0.1, 0.15) is 98.8 Å². The number of amides is 2. The van der Waals surface area contributed by atoms with Crippen LogP contribution in [0.25, 0.3) is 16.7 Å². The zero-order chi connectivity index (χ0) is 43.6. The van der Waals surface area contributed by atoms with Crippen LogP contribution in [0.5, 0.6) is 5.88 Å². The Bertz CT molecular complexity index is 2350. The van der Waals surface area contributed by atoms with Gasteiger partial charge >= 0.3 is 12.1 Å². The first kappa shape index (κ1) is 43.8. The molecule has 4 aliphatic rings. The SMILES string of the molecule is CC[C@@H]1C[C@@H](C)CC/C=C\[C@@H]2C[C@@]2(C(=O)NS(=O)(=O)C2(C)CC2)CC(=O)[C@@H]2C[C@@H](Oc3nc4nccn4c4ccc(Cl)cc34)CN2C(=O)[C@H]1CC(=O)OC(C)(C)C(F)(F)F. The topological polar surface area (TPSA) is 166 Å². The molecule has 7 rings (SSSR count). The van der Waals surface area contributed by atoms with Crippen molar-refractivity contribution < 1.29 is 50.2 Å². The Hall–Kier alpha value is -4.25. The molecule has 1 aromatic carbocycles. The molecule has 2 saturated carbocycles. The van der Waals surface area contributed by atoms with E-state index in [1.54, 1.807) is 41.9 Å². The highest BCUT2D eigenvalue weighted by Crippen LogP contribution is 2.58. The van der Waals surface area contributed by atoms with Crippen molar-refractivity contribution in [1.29, 1.82) is 0 Å². The van der Waals surface area contributed by atoms with Gasteiger partial charge in [-0.3, -0.25) is 28.3 Å². The highest BCUT2D eigenvalue weighted by Gasteiger charge is 2.63. The molecule has 2 amide bonds. The van der Waals surface area contributed by atoms with Crippen LogP contribution in [0.3, 0.4) is 0 Å². The summed E-state index contributed by atoms with van der Waals surface area (Å²) in [7, 11) is -4.05. The predicted molar refractivity (Wildman–Crippen MR) is 215 cm³/mol. The number of ether oxygens (including phenoxy) is 2.